The molecule has 1 saturated carbocycles. The highest BCUT2D eigenvalue weighted by Gasteiger charge is 2.29. The molecule has 0 atom stereocenters. The van der Waals surface area contributed by atoms with Crippen LogP contribution in [0.4, 0.5) is 10.2 Å². The van der Waals surface area contributed by atoms with Crippen molar-refractivity contribution in [2.45, 2.75) is 18.9 Å². The Balaban J connectivity index is 2.09. The second-order valence-corrected chi connectivity index (χ2v) is 3.62. The number of hydrogen-bond donors (Lipinski definition) is 0. The van der Waals surface area contributed by atoms with Crippen LogP contribution < -0.4 is 4.90 Å². The van der Waals surface area contributed by atoms with E-state index in [9.17, 15) is 4.39 Å². The lowest BCUT2D eigenvalue weighted by Crippen LogP contribution is -2.30. The zero-order valence-electron chi connectivity index (χ0n) is 8.69. The minimum atomic E-state index is -0.483. The summed E-state index contributed by atoms with van der Waals surface area (Å²) in [6.07, 6.45) is 3.55. The van der Waals surface area contributed by atoms with E-state index in [0.717, 1.165) is 19.4 Å². The largest absolute Gasteiger partial charge is 0.383 e. The molecule has 1 fully saturated rings. The number of aromatic nitrogens is 2. The molecule has 4 nitrogen and oxygen atoms in total. The Hall–Kier alpha value is -1.23. The van der Waals surface area contributed by atoms with Gasteiger partial charge in [-0.1, -0.05) is 0 Å². The van der Waals surface area contributed by atoms with Gasteiger partial charge in [-0.15, -0.1) is 0 Å². The highest BCUT2D eigenvalue weighted by Crippen LogP contribution is 2.30. The molecular formula is C10H14FN3O. The quantitative estimate of drug-likeness (QED) is 0.687. The Labute approximate surface area is 88.1 Å². The van der Waals surface area contributed by atoms with Gasteiger partial charge in [-0.25, -0.2) is 9.97 Å². The van der Waals surface area contributed by atoms with Gasteiger partial charge in [0.25, 0.3) is 0 Å². The van der Waals surface area contributed by atoms with Gasteiger partial charge in [0.1, 0.15) is 12.1 Å². The average Bonchev–Trinajstić information content (AvgIpc) is 3.03. The van der Waals surface area contributed by atoms with E-state index >= 15 is 0 Å². The Bertz CT molecular complexity index is 330. The van der Waals surface area contributed by atoms with Crippen LogP contribution in [-0.2, 0) is 4.74 Å². The van der Waals surface area contributed by atoms with Crippen LogP contribution in [0.5, 0.6) is 0 Å². The third kappa shape index (κ3) is 2.62. The number of hydrogen-bond acceptors (Lipinski definition) is 4. The lowest BCUT2D eigenvalue weighted by atomic mass is 10.4. The van der Waals surface area contributed by atoms with Gasteiger partial charge >= 0.3 is 0 Å². The summed E-state index contributed by atoms with van der Waals surface area (Å²) in [4.78, 5) is 9.60. The molecule has 1 aliphatic carbocycles. The molecule has 0 N–H and O–H groups in total. The molecule has 0 saturated heterocycles. The predicted molar refractivity (Wildman–Crippen MR) is 54.2 cm³/mol. The first-order chi connectivity index (χ1) is 7.31. The standard InChI is InChI=1S/C10H14FN3O/c1-15-5-4-14(8-2-3-8)10-6-9(11)12-7-13-10/h6-8H,2-5H2,1H3. The van der Waals surface area contributed by atoms with Crippen molar-refractivity contribution in [3.8, 4) is 0 Å². The lowest BCUT2D eigenvalue weighted by molar-refractivity contribution is 0.204. The zero-order valence-corrected chi connectivity index (χ0v) is 8.69. The lowest BCUT2D eigenvalue weighted by Gasteiger charge is -2.22. The van der Waals surface area contributed by atoms with E-state index in [-0.39, 0.29) is 0 Å². The molecule has 0 unspecified atom stereocenters. The van der Waals surface area contributed by atoms with Crippen LogP contribution in [0.25, 0.3) is 0 Å². The first-order valence-corrected chi connectivity index (χ1v) is 5.04. The summed E-state index contributed by atoms with van der Waals surface area (Å²) in [5, 5.41) is 0. The minimum Gasteiger partial charge on any atom is -0.383 e. The van der Waals surface area contributed by atoms with Gasteiger partial charge in [-0.2, -0.15) is 4.39 Å². The molecule has 1 heterocycles. The summed E-state index contributed by atoms with van der Waals surface area (Å²) < 4.78 is 17.9. The van der Waals surface area contributed by atoms with Crippen LogP contribution in [0.1, 0.15) is 12.8 Å². The van der Waals surface area contributed by atoms with Crippen molar-refractivity contribution >= 4 is 5.82 Å². The Morgan fingerprint density at radius 1 is 1.53 bits per heavy atom. The average molecular weight is 211 g/mol. The molecule has 0 bridgehead atoms. The summed E-state index contributed by atoms with van der Waals surface area (Å²) in [6.45, 7) is 1.37. The monoisotopic (exact) mass is 211 g/mol. The van der Waals surface area contributed by atoms with E-state index in [4.69, 9.17) is 4.74 Å². The molecular weight excluding hydrogens is 197 g/mol. The topological polar surface area (TPSA) is 38.2 Å². The van der Waals surface area contributed by atoms with Gasteiger partial charge in [-0.05, 0) is 12.8 Å². The van der Waals surface area contributed by atoms with Gasteiger partial charge in [-0.3, -0.25) is 0 Å². The van der Waals surface area contributed by atoms with Crippen molar-refractivity contribution in [2.24, 2.45) is 0 Å². The van der Waals surface area contributed by atoms with Crippen molar-refractivity contribution in [1.29, 1.82) is 0 Å². The van der Waals surface area contributed by atoms with Crippen molar-refractivity contribution in [3.63, 3.8) is 0 Å². The molecule has 0 aromatic carbocycles. The summed E-state index contributed by atoms with van der Waals surface area (Å²) in [7, 11) is 1.66. The van der Waals surface area contributed by atoms with Crippen molar-refractivity contribution in [2.75, 3.05) is 25.2 Å². The van der Waals surface area contributed by atoms with Crippen molar-refractivity contribution in [1.82, 2.24) is 9.97 Å². The number of anilines is 1. The zero-order chi connectivity index (χ0) is 10.7. The minimum absolute atomic E-state index is 0.483. The van der Waals surface area contributed by atoms with E-state index in [0.29, 0.717) is 18.5 Å². The van der Waals surface area contributed by atoms with Gasteiger partial charge in [0.2, 0.25) is 5.95 Å². The second kappa shape index (κ2) is 4.53. The molecule has 0 radical (unpaired) electrons. The fourth-order valence-corrected chi connectivity index (χ4v) is 1.54. The molecule has 82 valence electrons. The highest BCUT2D eigenvalue weighted by atomic mass is 19.1. The summed E-state index contributed by atoms with van der Waals surface area (Å²) >= 11 is 0. The smallest absolute Gasteiger partial charge is 0.218 e. The van der Waals surface area contributed by atoms with E-state index in [1.165, 1.54) is 12.4 Å². The molecule has 15 heavy (non-hydrogen) atoms. The fourth-order valence-electron chi connectivity index (χ4n) is 1.54. The maximum absolute atomic E-state index is 12.9. The Kier molecular flexibility index (Phi) is 3.11. The molecule has 0 amide bonds. The number of ether oxygens (including phenoxy) is 1. The number of methoxy groups -OCH3 is 1. The summed E-state index contributed by atoms with van der Waals surface area (Å²) in [5.41, 5.74) is 0. The van der Waals surface area contributed by atoms with Gasteiger partial charge in [0, 0.05) is 25.8 Å². The Morgan fingerprint density at radius 2 is 2.33 bits per heavy atom. The van der Waals surface area contributed by atoms with E-state index in [1.54, 1.807) is 7.11 Å². The summed E-state index contributed by atoms with van der Waals surface area (Å²) in [6, 6.07) is 1.86. The van der Waals surface area contributed by atoms with Crippen LogP contribution in [0.3, 0.4) is 0 Å². The summed E-state index contributed by atoms with van der Waals surface area (Å²) in [5.74, 6) is 0.171. The molecule has 2 rings (SSSR count). The molecule has 5 heteroatoms. The molecule has 1 aliphatic rings. The van der Waals surface area contributed by atoms with Crippen molar-refractivity contribution < 1.29 is 9.13 Å². The number of rotatable bonds is 5. The second-order valence-electron chi connectivity index (χ2n) is 3.62. The maximum atomic E-state index is 12.9. The van der Waals surface area contributed by atoms with Gasteiger partial charge in [0.15, 0.2) is 0 Å². The molecule has 1 aromatic heterocycles. The first-order valence-electron chi connectivity index (χ1n) is 5.04. The van der Waals surface area contributed by atoms with Crippen LogP contribution >= 0.6 is 0 Å². The molecule has 0 aliphatic heterocycles. The number of halogens is 1. The first kappa shape index (κ1) is 10.3. The van der Waals surface area contributed by atoms with Crippen LogP contribution in [-0.4, -0.2) is 36.3 Å². The molecule has 0 spiro atoms. The molecule has 1 aromatic rings. The van der Waals surface area contributed by atoms with E-state index < -0.39 is 5.95 Å². The third-order valence-corrected chi connectivity index (χ3v) is 2.44. The Morgan fingerprint density at radius 3 is 2.93 bits per heavy atom. The van der Waals surface area contributed by atoms with Crippen molar-refractivity contribution in [3.05, 3.63) is 18.3 Å². The van der Waals surface area contributed by atoms with Gasteiger partial charge in [0.05, 0.1) is 6.61 Å². The highest BCUT2D eigenvalue weighted by molar-refractivity contribution is 5.40. The van der Waals surface area contributed by atoms with E-state index in [1.807, 2.05) is 0 Å². The fraction of sp³-hybridized carbons (Fsp3) is 0.600. The predicted octanol–water partition coefficient (Wildman–Crippen LogP) is 1.23. The van der Waals surface area contributed by atoms with Crippen LogP contribution in [0.2, 0.25) is 0 Å². The van der Waals surface area contributed by atoms with Crippen LogP contribution in [0, 0.1) is 5.95 Å². The van der Waals surface area contributed by atoms with Crippen LogP contribution in [0.15, 0.2) is 12.4 Å². The van der Waals surface area contributed by atoms with Gasteiger partial charge < -0.3 is 9.64 Å². The third-order valence-electron chi connectivity index (χ3n) is 2.44. The number of nitrogens with zero attached hydrogens (tertiary/aromatic N) is 3. The van der Waals surface area contributed by atoms with E-state index in [2.05, 4.69) is 14.9 Å². The normalized spacial score (nSPS) is 15.3. The SMILES string of the molecule is COCCN(c1cc(F)ncn1)C1CC1. The maximum Gasteiger partial charge on any atom is 0.218 e.